The summed E-state index contributed by atoms with van der Waals surface area (Å²) < 4.78 is 5.89. The summed E-state index contributed by atoms with van der Waals surface area (Å²) in [5.41, 5.74) is 0.387. The molecule has 12 heavy (non-hydrogen) atoms. The number of nitrogens with one attached hydrogen (secondary N) is 1. The zero-order valence-corrected chi connectivity index (χ0v) is 9.06. The van der Waals surface area contributed by atoms with Crippen LogP contribution in [0.2, 0.25) is 0 Å². The van der Waals surface area contributed by atoms with E-state index in [0.29, 0.717) is 17.6 Å². The number of hydrogen-bond donors (Lipinski definition) is 1. The van der Waals surface area contributed by atoms with Gasteiger partial charge >= 0.3 is 0 Å². The van der Waals surface area contributed by atoms with Crippen LogP contribution in [0.25, 0.3) is 0 Å². The van der Waals surface area contributed by atoms with Gasteiger partial charge in [-0.05, 0) is 26.3 Å². The van der Waals surface area contributed by atoms with Crippen LogP contribution in [-0.4, -0.2) is 30.6 Å². The van der Waals surface area contributed by atoms with Crippen LogP contribution in [0, 0.1) is 5.41 Å². The lowest BCUT2D eigenvalue weighted by atomic mass is 9.78. The Labute approximate surface area is 82.2 Å². The Bertz CT molecular complexity index is 176. The largest absolute Gasteiger partial charge is 0.375 e. The molecule has 0 unspecified atom stereocenters. The van der Waals surface area contributed by atoms with Crippen LogP contribution in [0.4, 0.5) is 0 Å². The van der Waals surface area contributed by atoms with E-state index in [-0.39, 0.29) is 0 Å². The standard InChI is InChI=1S/C9H16BrNO/c1-7-4-9(5-10)6-11-3-2-8(9)12-7/h7-8,11H,2-6H2,1H3/t7-,8+,9-/m1/s1. The molecule has 2 fully saturated rings. The highest BCUT2D eigenvalue weighted by molar-refractivity contribution is 9.09. The predicted octanol–water partition coefficient (Wildman–Crippen LogP) is 1.54. The maximum atomic E-state index is 5.89. The number of rotatable bonds is 1. The minimum atomic E-state index is 0.387. The molecule has 0 spiro atoms. The van der Waals surface area contributed by atoms with Gasteiger partial charge in [0.15, 0.2) is 0 Å². The second kappa shape index (κ2) is 3.28. The highest BCUT2D eigenvalue weighted by atomic mass is 79.9. The average Bonchev–Trinajstić information content (AvgIpc) is 2.41. The fourth-order valence-corrected chi connectivity index (χ4v) is 3.28. The van der Waals surface area contributed by atoms with Gasteiger partial charge in [-0.15, -0.1) is 0 Å². The molecule has 0 aromatic heterocycles. The maximum absolute atomic E-state index is 5.89. The minimum Gasteiger partial charge on any atom is -0.375 e. The highest BCUT2D eigenvalue weighted by Gasteiger charge is 2.47. The summed E-state index contributed by atoms with van der Waals surface area (Å²) in [4.78, 5) is 0. The van der Waals surface area contributed by atoms with Crippen molar-refractivity contribution in [3.8, 4) is 0 Å². The van der Waals surface area contributed by atoms with Crippen molar-refractivity contribution in [3.05, 3.63) is 0 Å². The lowest BCUT2D eigenvalue weighted by Crippen LogP contribution is -2.48. The first kappa shape index (κ1) is 8.97. The van der Waals surface area contributed by atoms with Crippen molar-refractivity contribution in [2.45, 2.75) is 32.0 Å². The predicted molar refractivity (Wildman–Crippen MR) is 52.7 cm³/mol. The molecule has 0 saturated carbocycles. The molecule has 2 aliphatic heterocycles. The molecule has 0 bridgehead atoms. The molecule has 3 atom stereocenters. The van der Waals surface area contributed by atoms with Crippen molar-refractivity contribution in [2.75, 3.05) is 18.4 Å². The summed E-state index contributed by atoms with van der Waals surface area (Å²) in [6.45, 7) is 4.42. The normalized spacial score (nSPS) is 47.5. The summed E-state index contributed by atoms with van der Waals surface area (Å²) in [7, 11) is 0. The molecule has 1 N–H and O–H groups in total. The van der Waals surface area contributed by atoms with Crippen LogP contribution < -0.4 is 5.32 Å². The van der Waals surface area contributed by atoms with Crippen molar-refractivity contribution < 1.29 is 4.74 Å². The molecule has 2 heterocycles. The topological polar surface area (TPSA) is 21.3 Å². The Morgan fingerprint density at radius 2 is 2.50 bits per heavy atom. The third-order valence-electron chi connectivity index (χ3n) is 3.10. The van der Waals surface area contributed by atoms with Gasteiger partial charge in [0, 0.05) is 17.3 Å². The minimum absolute atomic E-state index is 0.387. The molecule has 0 aromatic carbocycles. The van der Waals surface area contributed by atoms with Crippen LogP contribution in [0.5, 0.6) is 0 Å². The van der Waals surface area contributed by atoms with Crippen LogP contribution in [-0.2, 0) is 4.74 Å². The third kappa shape index (κ3) is 1.32. The highest BCUT2D eigenvalue weighted by Crippen LogP contribution is 2.42. The van der Waals surface area contributed by atoms with E-state index in [1.54, 1.807) is 0 Å². The van der Waals surface area contributed by atoms with E-state index in [1.807, 2.05) is 0 Å². The van der Waals surface area contributed by atoms with E-state index in [0.717, 1.165) is 18.4 Å². The smallest absolute Gasteiger partial charge is 0.0668 e. The molecule has 0 amide bonds. The molecule has 2 nitrogen and oxygen atoms in total. The quantitative estimate of drug-likeness (QED) is 0.695. The van der Waals surface area contributed by atoms with Gasteiger partial charge in [0.25, 0.3) is 0 Å². The Balaban J connectivity index is 2.14. The third-order valence-corrected chi connectivity index (χ3v) is 4.22. The Morgan fingerprint density at radius 3 is 3.17 bits per heavy atom. The lowest BCUT2D eigenvalue weighted by molar-refractivity contribution is 0.00811. The van der Waals surface area contributed by atoms with Crippen LogP contribution in [0.15, 0.2) is 0 Å². The second-order valence-corrected chi connectivity index (χ2v) is 4.66. The molecular formula is C9H16BrNO. The zero-order chi connectivity index (χ0) is 8.60. The van der Waals surface area contributed by atoms with Gasteiger partial charge in [-0.2, -0.15) is 0 Å². The number of fused-ring (bicyclic) bond motifs is 1. The Morgan fingerprint density at radius 1 is 1.67 bits per heavy atom. The maximum Gasteiger partial charge on any atom is 0.0668 e. The Hall–Kier alpha value is 0.400. The first-order valence-electron chi connectivity index (χ1n) is 4.69. The number of piperidine rings is 1. The first-order chi connectivity index (χ1) is 5.77. The molecule has 0 radical (unpaired) electrons. The Kier molecular flexibility index (Phi) is 2.45. The fourth-order valence-electron chi connectivity index (χ4n) is 2.50. The molecular weight excluding hydrogens is 218 g/mol. The lowest BCUT2D eigenvalue weighted by Gasteiger charge is -2.36. The van der Waals surface area contributed by atoms with Crippen molar-refractivity contribution in [1.82, 2.24) is 5.32 Å². The summed E-state index contributed by atoms with van der Waals surface area (Å²) in [5.74, 6) is 0. The van der Waals surface area contributed by atoms with Crippen molar-refractivity contribution in [1.29, 1.82) is 0 Å². The first-order valence-corrected chi connectivity index (χ1v) is 5.81. The zero-order valence-electron chi connectivity index (χ0n) is 7.48. The van der Waals surface area contributed by atoms with E-state index in [9.17, 15) is 0 Å². The van der Waals surface area contributed by atoms with Gasteiger partial charge in [-0.3, -0.25) is 0 Å². The van der Waals surface area contributed by atoms with Gasteiger partial charge < -0.3 is 10.1 Å². The van der Waals surface area contributed by atoms with Gasteiger partial charge in [0.1, 0.15) is 0 Å². The van der Waals surface area contributed by atoms with Gasteiger partial charge in [-0.25, -0.2) is 0 Å². The van der Waals surface area contributed by atoms with E-state index in [2.05, 4.69) is 28.2 Å². The molecule has 0 aromatic rings. The number of hydrogen-bond acceptors (Lipinski definition) is 2. The number of alkyl halides is 1. The van der Waals surface area contributed by atoms with Crippen molar-refractivity contribution >= 4 is 15.9 Å². The summed E-state index contributed by atoms with van der Waals surface area (Å²) in [6, 6.07) is 0. The molecule has 70 valence electrons. The van der Waals surface area contributed by atoms with Gasteiger partial charge in [0.2, 0.25) is 0 Å². The van der Waals surface area contributed by atoms with Crippen LogP contribution >= 0.6 is 15.9 Å². The molecule has 3 heteroatoms. The molecule has 2 aliphatic rings. The average molecular weight is 234 g/mol. The fraction of sp³-hybridized carbons (Fsp3) is 1.00. The SMILES string of the molecule is C[C@@H]1C[C@@]2(CBr)CNCC[C@@H]2O1. The summed E-state index contributed by atoms with van der Waals surface area (Å²) >= 11 is 3.62. The van der Waals surface area contributed by atoms with E-state index in [4.69, 9.17) is 4.74 Å². The molecule has 2 saturated heterocycles. The molecule has 2 rings (SSSR count). The monoisotopic (exact) mass is 233 g/mol. The second-order valence-electron chi connectivity index (χ2n) is 4.10. The van der Waals surface area contributed by atoms with Crippen LogP contribution in [0.1, 0.15) is 19.8 Å². The number of ether oxygens (including phenoxy) is 1. The van der Waals surface area contributed by atoms with Crippen LogP contribution in [0.3, 0.4) is 0 Å². The van der Waals surface area contributed by atoms with E-state index >= 15 is 0 Å². The van der Waals surface area contributed by atoms with Crippen molar-refractivity contribution in [3.63, 3.8) is 0 Å². The van der Waals surface area contributed by atoms with Gasteiger partial charge in [0.05, 0.1) is 12.2 Å². The summed E-state index contributed by atoms with van der Waals surface area (Å²) in [6.07, 6.45) is 3.33. The van der Waals surface area contributed by atoms with Crippen molar-refractivity contribution in [2.24, 2.45) is 5.41 Å². The molecule has 0 aliphatic carbocycles. The van der Waals surface area contributed by atoms with E-state index < -0.39 is 0 Å². The van der Waals surface area contributed by atoms with Gasteiger partial charge in [-0.1, -0.05) is 15.9 Å². The summed E-state index contributed by atoms with van der Waals surface area (Å²) in [5, 5.41) is 4.53. The number of halogens is 1. The van der Waals surface area contributed by atoms with E-state index in [1.165, 1.54) is 12.8 Å².